The Bertz CT molecular complexity index is 1380. The van der Waals surface area contributed by atoms with Crippen molar-refractivity contribution >= 4 is 11.8 Å². The third-order valence-electron chi connectivity index (χ3n) is 15.1. The predicted molar refractivity (Wildman–Crippen MR) is 215 cm³/mol. The fourth-order valence-corrected chi connectivity index (χ4v) is 11.0. The van der Waals surface area contributed by atoms with E-state index in [1.807, 2.05) is 47.6 Å². The molecule has 5 heterocycles. The van der Waals surface area contributed by atoms with Crippen LogP contribution in [0.5, 0.6) is 0 Å². The number of ether oxygens (including phenoxy) is 5. The Balaban J connectivity index is 1.35. The van der Waals surface area contributed by atoms with E-state index in [0.29, 0.717) is 44.9 Å². The predicted octanol–water partition coefficient (Wildman–Crippen LogP) is 7.20. The van der Waals surface area contributed by atoms with E-state index in [1.165, 1.54) is 0 Å². The van der Waals surface area contributed by atoms with Crippen LogP contribution in [0.1, 0.15) is 147 Å². The number of carbonyl (C=O) groups is 2. The summed E-state index contributed by atoms with van der Waals surface area (Å²) in [4.78, 5) is 26.6. The summed E-state index contributed by atoms with van der Waals surface area (Å²) in [5.74, 6) is -5.02. The maximum Gasteiger partial charge on any atom is 0.309 e. The average Bonchev–Trinajstić information content (AvgIpc) is 3.51. The molecule has 4 N–H and O–H groups in total. The van der Waals surface area contributed by atoms with Gasteiger partial charge in [-0.25, -0.2) is 0 Å². The van der Waals surface area contributed by atoms with E-state index in [2.05, 4.69) is 46.0 Å². The summed E-state index contributed by atoms with van der Waals surface area (Å²) in [6.45, 7) is 23.0. The molecule has 322 valence electrons. The Morgan fingerprint density at radius 3 is 2.20 bits per heavy atom. The maximum absolute atomic E-state index is 14.6. The van der Waals surface area contributed by atoms with Crippen molar-refractivity contribution in [3.63, 3.8) is 0 Å². The minimum absolute atomic E-state index is 0.0266. The van der Waals surface area contributed by atoms with Gasteiger partial charge < -0.3 is 44.3 Å². The molecule has 0 amide bonds. The molecule has 11 heteroatoms. The van der Waals surface area contributed by atoms with Gasteiger partial charge in [0.2, 0.25) is 0 Å². The largest absolute Gasteiger partial charge is 0.481 e. The van der Waals surface area contributed by atoms with Crippen LogP contribution in [0.4, 0.5) is 0 Å². The molecule has 0 saturated carbocycles. The van der Waals surface area contributed by atoms with Gasteiger partial charge in [-0.2, -0.15) is 0 Å². The first-order valence-corrected chi connectivity index (χ1v) is 22.3. The Labute approximate surface area is 337 Å². The summed E-state index contributed by atoms with van der Waals surface area (Å²) in [7, 11) is 0. The maximum atomic E-state index is 14.6. The number of carbonyl (C=O) groups excluding carboxylic acids is 1. The van der Waals surface area contributed by atoms with Crippen molar-refractivity contribution in [3.05, 3.63) is 12.2 Å². The van der Waals surface area contributed by atoms with E-state index < -0.39 is 64.8 Å². The zero-order chi connectivity index (χ0) is 41.4. The summed E-state index contributed by atoms with van der Waals surface area (Å²) in [5, 5.41) is 36.5. The van der Waals surface area contributed by atoms with Crippen LogP contribution in [0.3, 0.4) is 0 Å². The van der Waals surface area contributed by atoms with Crippen LogP contribution in [-0.2, 0) is 33.3 Å². The summed E-state index contributed by atoms with van der Waals surface area (Å²) in [5.41, 5.74) is -1.48. The molecule has 18 atom stereocenters. The lowest BCUT2D eigenvalue weighted by Gasteiger charge is -2.55. The van der Waals surface area contributed by atoms with Crippen LogP contribution in [0.25, 0.3) is 0 Å². The first-order chi connectivity index (χ1) is 26.3. The highest BCUT2D eigenvalue weighted by molar-refractivity contribution is 5.84. The number of carboxylic acid groups (broad SMARTS) is 1. The van der Waals surface area contributed by atoms with Crippen molar-refractivity contribution in [2.24, 2.45) is 41.4 Å². The Kier molecular flexibility index (Phi) is 14.7. The normalized spacial score (nSPS) is 44.3. The van der Waals surface area contributed by atoms with Crippen molar-refractivity contribution in [1.82, 2.24) is 5.32 Å². The minimum atomic E-state index is -1.13. The molecule has 11 nitrogen and oxygen atoms in total. The average molecular weight is 792 g/mol. The smallest absolute Gasteiger partial charge is 0.309 e. The quantitative estimate of drug-likeness (QED) is 0.125. The molecule has 56 heavy (non-hydrogen) atoms. The molecular formula is C45H77NO10. The van der Waals surface area contributed by atoms with Gasteiger partial charge in [0.25, 0.3) is 0 Å². The summed E-state index contributed by atoms with van der Waals surface area (Å²) in [6.07, 6.45) is 9.06. The van der Waals surface area contributed by atoms with E-state index in [1.54, 1.807) is 0 Å². The second kappa shape index (κ2) is 18.0. The van der Waals surface area contributed by atoms with Gasteiger partial charge in [0.1, 0.15) is 5.78 Å². The number of carboxylic acids is 1. The number of ketones is 1. The van der Waals surface area contributed by atoms with Crippen LogP contribution in [-0.4, -0.2) is 99.1 Å². The number of Topliss-reactive ketones (excluding diaryl/α,β-unsaturated/α-hetero) is 1. The zero-order valence-electron chi connectivity index (χ0n) is 36.4. The monoisotopic (exact) mass is 792 g/mol. The van der Waals surface area contributed by atoms with Gasteiger partial charge in [-0.05, 0) is 103 Å². The van der Waals surface area contributed by atoms with Crippen molar-refractivity contribution in [3.8, 4) is 0 Å². The van der Waals surface area contributed by atoms with Crippen molar-refractivity contribution in [2.75, 3.05) is 6.54 Å². The van der Waals surface area contributed by atoms with Gasteiger partial charge >= 0.3 is 5.97 Å². The van der Waals surface area contributed by atoms with Gasteiger partial charge in [-0.1, -0.05) is 68.4 Å². The number of aliphatic hydroxyl groups excluding tert-OH is 1. The van der Waals surface area contributed by atoms with Crippen LogP contribution in [0, 0.1) is 41.4 Å². The lowest BCUT2D eigenvalue weighted by atomic mass is 9.72. The van der Waals surface area contributed by atoms with Crippen molar-refractivity contribution in [1.29, 1.82) is 0 Å². The number of aliphatic carboxylic acids is 1. The highest BCUT2D eigenvalue weighted by Crippen LogP contribution is 2.54. The molecule has 0 aromatic heterocycles. The first-order valence-electron chi connectivity index (χ1n) is 22.3. The van der Waals surface area contributed by atoms with Crippen LogP contribution < -0.4 is 5.32 Å². The van der Waals surface area contributed by atoms with Gasteiger partial charge in [0.05, 0.1) is 59.8 Å². The highest BCUT2D eigenvalue weighted by Gasteiger charge is 2.63. The van der Waals surface area contributed by atoms with Gasteiger partial charge in [0.15, 0.2) is 11.6 Å². The molecular weight excluding hydrogens is 714 g/mol. The van der Waals surface area contributed by atoms with Gasteiger partial charge in [-0.3, -0.25) is 9.59 Å². The lowest BCUT2D eigenvalue weighted by Crippen LogP contribution is -2.65. The Hall–Kier alpha value is -1.44. The number of rotatable bonds is 15. The first kappa shape index (κ1) is 45.6. The third-order valence-corrected chi connectivity index (χ3v) is 15.1. The minimum Gasteiger partial charge on any atom is -0.481 e. The zero-order valence-corrected chi connectivity index (χ0v) is 36.4. The molecule has 2 spiro atoms. The summed E-state index contributed by atoms with van der Waals surface area (Å²) < 4.78 is 34.6. The standard InChI is InChI=1S/C45H77NO10/c1-12-24-46-35-18-21-44(56-45(35)23-22-42(11,55-45)36-19-20-43(51,15-4)31(10)52-36)28(7)25-27(6)40(54-44)33(14-3)38(48)29(8)37(47)30(9)39-26(5)16-17-34(53-39)32(13-2)41(49)50/h18,21,26-37,39-40,46-47,51H,12-17,19-20,22-25H2,1-11H3,(H,49,50)/t26-,27-,28+,29-,30-,31-,32?,33-,34+,35+,36+,37+,39?,40-,42-,43+,44-,45-/m0/s1. The molecule has 4 saturated heterocycles. The fraction of sp³-hybridized carbons (Fsp3) is 0.911. The number of nitrogens with one attached hydrogen (secondary N) is 1. The van der Waals surface area contributed by atoms with E-state index in [0.717, 1.165) is 32.2 Å². The summed E-state index contributed by atoms with van der Waals surface area (Å²) >= 11 is 0. The molecule has 2 unspecified atom stereocenters. The fourth-order valence-electron chi connectivity index (χ4n) is 11.0. The number of hydrogen-bond donors (Lipinski definition) is 4. The molecule has 0 radical (unpaired) electrons. The number of aliphatic hydroxyl groups is 2. The SMILES string of the molecule is CCCN[C@@H]1C=C[C@]2(O[C@H]([C@@H](CC)C(=O)[C@@H](C)[C@@H](O)[C@H](C)C3O[C@@H](C(CC)C(=O)O)CC[C@@H]3C)[C@@H](C)C[C@H]2C)O[C@@]12CC[C@@](C)([C@H]1CC[C@](O)(CC)[C@H](C)O1)O2. The Morgan fingerprint density at radius 2 is 1.59 bits per heavy atom. The highest BCUT2D eigenvalue weighted by atomic mass is 16.8. The topological polar surface area (TPSA) is 153 Å². The third kappa shape index (κ3) is 8.72. The molecule has 5 aliphatic heterocycles. The van der Waals surface area contributed by atoms with E-state index in [4.69, 9.17) is 23.7 Å². The van der Waals surface area contributed by atoms with Crippen LogP contribution in [0.15, 0.2) is 12.2 Å². The van der Waals surface area contributed by atoms with E-state index in [9.17, 15) is 24.9 Å². The van der Waals surface area contributed by atoms with Crippen molar-refractivity contribution in [2.45, 2.75) is 212 Å². The van der Waals surface area contributed by atoms with Crippen LogP contribution >= 0.6 is 0 Å². The summed E-state index contributed by atoms with van der Waals surface area (Å²) in [6, 6.07) is -0.218. The van der Waals surface area contributed by atoms with E-state index in [-0.39, 0.29) is 53.8 Å². The second-order valence-corrected chi connectivity index (χ2v) is 18.9. The molecule has 5 aliphatic rings. The molecule has 0 bridgehead atoms. The molecule has 5 rings (SSSR count). The molecule has 4 fully saturated rings. The van der Waals surface area contributed by atoms with Crippen LogP contribution in [0.2, 0.25) is 0 Å². The number of hydrogen-bond acceptors (Lipinski definition) is 10. The lowest BCUT2D eigenvalue weighted by molar-refractivity contribution is -0.398. The van der Waals surface area contributed by atoms with E-state index >= 15 is 0 Å². The van der Waals surface area contributed by atoms with Gasteiger partial charge in [-0.15, -0.1) is 0 Å². The van der Waals surface area contributed by atoms with Crippen molar-refractivity contribution < 1.29 is 48.6 Å². The second-order valence-electron chi connectivity index (χ2n) is 18.9. The molecule has 0 aromatic rings. The molecule has 0 aliphatic carbocycles. The molecule has 0 aromatic carbocycles. The van der Waals surface area contributed by atoms with Gasteiger partial charge in [0, 0.05) is 30.1 Å². The Morgan fingerprint density at radius 1 is 0.893 bits per heavy atom.